The third kappa shape index (κ3) is 4.22. The van der Waals surface area contributed by atoms with Crippen molar-refractivity contribution in [3.8, 4) is 0 Å². The summed E-state index contributed by atoms with van der Waals surface area (Å²) in [6.07, 6.45) is 3.13. The lowest BCUT2D eigenvalue weighted by molar-refractivity contribution is -0.145. The van der Waals surface area contributed by atoms with E-state index in [1.165, 1.54) is 0 Å². The van der Waals surface area contributed by atoms with Gasteiger partial charge in [-0.1, -0.05) is 33.1 Å². The van der Waals surface area contributed by atoms with Crippen LogP contribution in [0.3, 0.4) is 0 Å². The molecule has 1 aliphatic rings. The largest absolute Gasteiger partial charge is 0.480 e. The van der Waals surface area contributed by atoms with Gasteiger partial charge in [0.2, 0.25) is 0 Å². The number of hydrogen-bond acceptors (Lipinski definition) is 3. The average Bonchev–Trinajstić information content (AvgIpc) is 2.27. The van der Waals surface area contributed by atoms with Gasteiger partial charge in [-0.3, -0.25) is 4.79 Å². The highest BCUT2D eigenvalue weighted by molar-refractivity contribution is 7.87. The highest BCUT2D eigenvalue weighted by atomic mass is 32.2. The molecule has 0 heterocycles. The Bertz CT molecular complexity index is 386. The fourth-order valence-electron chi connectivity index (χ4n) is 2.08. The summed E-state index contributed by atoms with van der Waals surface area (Å²) in [7, 11) is -3.76. The lowest BCUT2D eigenvalue weighted by atomic mass is 9.83. The molecule has 0 saturated heterocycles. The zero-order valence-corrected chi connectivity index (χ0v) is 11.7. The van der Waals surface area contributed by atoms with Crippen molar-refractivity contribution in [2.24, 2.45) is 5.92 Å². The number of aliphatic carboxylic acids is 1. The Morgan fingerprint density at radius 2 is 1.83 bits per heavy atom. The molecule has 0 atom stereocenters. The van der Waals surface area contributed by atoms with Crippen LogP contribution >= 0.6 is 0 Å². The van der Waals surface area contributed by atoms with E-state index < -0.39 is 21.7 Å². The summed E-state index contributed by atoms with van der Waals surface area (Å²) in [6, 6.07) is 0. The van der Waals surface area contributed by atoms with Crippen molar-refractivity contribution in [1.82, 2.24) is 9.44 Å². The quantitative estimate of drug-likeness (QED) is 0.671. The molecule has 3 N–H and O–H groups in total. The summed E-state index contributed by atoms with van der Waals surface area (Å²) in [5.74, 6) is -0.911. The maximum atomic E-state index is 11.8. The van der Waals surface area contributed by atoms with Gasteiger partial charge in [-0.2, -0.15) is 13.1 Å². The van der Waals surface area contributed by atoms with E-state index >= 15 is 0 Å². The van der Waals surface area contributed by atoms with E-state index in [-0.39, 0.29) is 5.92 Å². The van der Waals surface area contributed by atoms with Crippen LogP contribution in [-0.4, -0.2) is 31.6 Å². The van der Waals surface area contributed by atoms with Crippen LogP contribution < -0.4 is 9.44 Å². The molecule has 0 amide bonds. The summed E-state index contributed by atoms with van der Waals surface area (Å²) < 4.78 is 28.4. The lowest BCUT2D eigenvalue weighted by Crippen LogP contribution is -2.58. The Morgan fingerprint density at radius 1 is 1.28 bits per heavy atom. The van der Waals surface area contributed by atoms with E-state index in [0.717, 1.165) is 19.3 Å². The van der Waals surface area contributed by atoms with Crippen molar-refractivity contribution >= 4 is 16.2 Å². The molecule has 0 aromatic heterocycles. The van der Waals surface area contributed by atoms with Crippen LogP contribution in [0.4, 0.5) is 0 Å². The van der Waals surface area contributed by atoms with Crippen molar-refractivity contribution in [1.29, 1.82) is 0 Å². The van der Waals surface area contributed by atoms with Crippen molar-refractivity contribution < 1.29 is 18.3 Å². The van der Waals surface area contributed by atoms with Gasteiger partial charge in [-0.15, -0.1) is 0 Å². The Morgan fingerprint density at radius 3 is 2.28 bits per heavy atom. The minimum absolute atomic E-state index is 0.175. The van der Waals surface area contributed by atoms with Gasteiger partial charge in [0.05, 0.1) is 0 Å². The SMILES string of the molecule is CC(C)CNS(=O)(=O)NC1(C(=O)O)CCCCC1. The van der Waals surface area contributed by atoms with Crippen molar-refractivity contribution in [3.63, 3.8) is 0 Å². The Labute approximate surface area is 108 Å². The standard InChI is InChI=1S/C11H22N2O4S/c1-9(2)8-12-18(16,17)13-11(10(14)15)6-4-3-5-7-11/h9,12-13H,3-8H2,1-2H3,(H,14,15). The van der Waals surface area contributed by atoms with Crippen molar-refractivity contribution in [2.75, 3.05) is 6.54 Å². The van der Waals surface area contributed by atoms with E-state index in [2.05, 4.69) is 9.44 Å². The van der Waals surface area contributed by atoms with Crippen LogP contribution in [0.2, 0.25) is 0 Å². The maximum Gasteiger partial charge on any atom is 0.324 e. The minimum Gasteiger partial charge on any atom is -0.480 e. The van der Waals surface area contributed by atoms with Crippen LogP contribution in [-0.2, 0) is 15.0 Å². The van der Waals surface area contributed by atoms with E-state index in [9.17, 15) is 18.3 Å². The Kier molecular flexibility index (Phi) is 5.12. The van der Waals surface area contributed by atoms with Gasteiger partial charge < -0.3 is 5.11 Å². The molecule has 0 bridgehead atoms. The zero-order valence-electron chi connectivity index (χ0n) is 10.9. The first-order chi connectivity index (χ1) is 8.27. The normalized spacial score (nSPS) is 19.9. The zero-order chi connectivity index (χ0) is 13.8. The molecular weight excluding hydrogens is 256 g/mol. The summed E-state index contributed by atoms with van der Waals surface area (Å²) in [6.45, 7) is 4.07. The molecular formula is C11H22N2O4S. The third-order valence-electron chi connectivity index (χ3n) is 3.13. The molecule has 1 saturated carbocycles. The van der Waals surface area contributed by atoms with Gasteiger partial charge in [0.15, 0.2) is 0 Å². The van der Waals surface area contributed by atoms with Gasteiger partial charge in [-0.25, -0.2) is 4.72 Å². The molecule has 18 heavy (non-hydrogen) atoms. The monoisotopic (exact) mass is 278 g/mol. The maximum absolute atomic E-state index is 11.8. The molecule has 6 nitrogen and oxygen atoms in total. The van der Waals surface area contributed by atoms with Crippen LogP contribution in [0, 0.1) is 5.92 Å². The second-order valence-electron chi connectivity index (χ2n) is 5.30. The number of carboxylic acid groups (broad SMARTS) is 1. The highest BCUT2D eigenvalue weighted by Crippen LogP contribution is 2.29. The summed E-state index contributed by atoms with van der Waals surface area (Å²) >= 11 is 0. The number of hydrogen-bond donors (Lipinski definition) is 3. The van der Waals surface area contributed by atoms with Gasteiger partial charge in [0, 0.05) is 6.54 Å². The molecule has 0 spiro atoms. The first-order valence-corrected chi connectivity index (χ1v) is 7.78. The average molecular weight is 278 g/mol. The van der Waals surface area contributed by atoms with E-state index in [1.54, 1.807) is 0 Å². The second kappa shape index (κ2) is 5.99. The van der Waals surface area contributed by atoms with E-state index in [1.807, 2.05) is 13.8 Å². The van der Waals surface area contributed by atoms with Crippen LogP contribution in [0.15, 0.2) is 0 Å². The molecule has 1 fully saturated rings. The van der Waals surface area contributed by atoms with Gasteiger partial charge in [0.1, 0.15) is 5.54 Å². The van der Waals surface area contributed by atoms with Gasteiger partial charge in [0.25, 0.3) is 10.2 Å². The fraction of sp³-hybridized carbons (Fsp3) is 0.909. The Balaban J connectivity index is 2.74. The van der Waals surface area contributed by atoms with Gasteiger partial charge >= 0.3 is 5.97 Å². The predicted octanol–water partition coefficient (Wildman–Crippen LogP) is 0.854. The summed E-state index contributed by atoms with van der Waals surface area (Å²) in [4.78, 5) is 11.3. The predicted molar refractivity (Wildman–Crippen MR) is 68.3 cm³/mol. The molecule has 106 valence electrons. The van der Waals surface area contributed by atoms with Crippen LogP contribution in [0.25, 0.3) is 0 Å². The molecule has 1 rings (SSSR count). The first kappa shape index (κ1) is 15.4. The van der Waals surface area contributed by atoms with Crippen LogP contribution in [0.5, 0.6) is 0 Å². The second-order valence-corrected chi connectivity index (χ2v) is 6.80. The van der Waals surface area contributed by atoms with Crippen LogP contribution in [0.1, 0.15) is 46.0 Å². The first-order valence-electron chi connectivity index (χ1n) is 6.29. The molecule has 0 aromatic carbocycles. The fourth-order valence-corrected chi connectivity index (χ4v) is 3.52. The minimum atomic E-state index is -3.76. The summed E-state index contributed by atoms with van der Waals surface area (Å²) in [5.41, 5.74) is -1.33. The van der Waals surface area contributed by atoms with E-state index in [4.69, 9.17) is 0 Å². The van der Waals surface area contributed by atoms with Gasteiger partial charge in [-0.05, 0) is 18.8 Å². The molecule has 1 aliphatic carbocycles. The molecule has 0 aromatic rings. The molecule has 0 aliphatic heterocycles. The number of carbonyl (C=O) groups is 1. The molecule has 0 radical (unpaired) electrons. The van der Waals surface area contributed by atoms with Crippen molar-refractivity contribution in [2.45, 2.75) is 51.5 Å². The number of carboxylic acids is 1. The molecule has 7 heteroatoms. The summed E-state index contributed by atoms with van der Waals surface area (Å²) in [5, 5.41) is 9.27. The smallest absolute Gasteiger partial charge is 0.324 e. The number of rotatable bonds is 6. The van der Waals surface area contributed by atoms with Crippen molar-refractivity contribution in [3.05, 3.63) is 0 Å². The Hall–Kier alpha value is -0.660. The number of nitrogens with one attached hydrogen (secondary N) is 2. The molecule has 0 unspecified atom stereocenters. The topological polar surface area (TPSA) is 95.5 Å². The van der Waals surface area contributed by atoms with E-state index in [0.29, 0.717) is 19.4 Å². The lowest BCUT2D eigenvalue weighted by Gasteiger charge is -2.33. The third-order valence-corrected chi connectivity index (χ3v) is 4.33. The highest BCUT2D eigenvalue weighted by Gasteiger charge is 2.42.